The topological polar surface area (TPSA) is 82.0 Å². The van der Waals surface area contributed by atoms with E-state index in [1.807, 2.05) is 26.8 Å². The fourth-order valence-electron chi connectivity index (χ4n) is 1.83. The highest BCUT2D eigenvalue weighted by Crippen LogP contribution is 2.24. The summed E-state index contributed by atoms with van der Waals surface area (Å²) in [6.45, 7) is 5.94. The lowest BCUT2D eigenvalue weighted by Gasteiger charge is -2.27. The van der Waals surface area contributed by atoms with Crippen molar-refractivity contribution in [3.05, 3.63) is 50.3 Å². The lowest BCUT2D eigenvalue weighted by Crippen LogP contribution is -2.42. The Balaban J connectivity index is 2.25. The molecule has 5 heteroatoms. The second-order valence-corrected chi connectivity index (χ2v) is 5.58. The molecule has 0 heterocycles. The van der Waals surface area contributed by atoms with Gasteiger partial charge >= 0.3 is 0 Å². The summed E-state index contributed by atoms with van der Waals surface area (Å²) in [7, 11) is 0. The Kier molecular flexibility index (Phi) is 3.81. The molecule has 2 aromatic carbocycles. The van der Waals surface area contributed by atoms with E-state index in [-0.39, 0.29) is 11.2 Å². The Bertz CT molecular complexity index is 760. The minimum absolute atomic E-state index is 0.261. The molecule has 2 rings (SSSR count). The minimum Gasteiger partial charge on any atom is -0.375 e. The van der Waals surface area contributed by atoms with E-state index in [4.69, 9.17) is 5.26 Å². The monoisotopic (exact) mass is 283 g/mol. The molecule has 0 atom stereocenters. The first kappa shape index (κ1) is 14.8. The Hall–Kier alpha value is -2.61. The third-order valence-corrected chi connectivity index (χ3v) is 3.54. The van der Waals surface area contributed by atoms with Gasteiger partial charge in [0, 0.05) is 11.2 Å². The number of rotatable bonds is 5. The number of benzene rings is 1. The highest BCUT2D eigenvalue weighted by molar-refractivity contribution is 5.79. The number of hydrogen-bond acceptors (Lipinski definition) is 5. The van der Waals surface area contributed by atoms with Gasteiger partial charge in [0.15, 0.2) is 0 Å². The van der Waals surface area contributed by atoms with E-state index in [9.17, 15) is 9.59 Å². The van der Waals surface area contributed by atoms with Gasteiger partial charge in [-0.15, -0.1) is 0 Å². The second kappa shape index (κ2) is 5.41. The van der Waals surface area contributed by atoms with Gasteiger partial charge in [0.25, 0.3) is 10.9 Å². The molecule has 0 saturated carbocycles. The molecule has 108 valence electrons. The zero-order valence-electron chi connectivity index (χ0n) is 12.3. The van der Waals surface area contributed by atoms with E-state index in [0.29, 0.717) is 16.9 Å². The maximum atomic E-state index is 11.7. The molecule has 2 N–H and O–H groups in total. The first-order valence-corrected chi connectivity index (χ1v) is 6.76. The molecule has 0 bridgehead atoms. The van der Waals surface area contributed by atoms with Gasteiger partial charge in [-0.1, -0.05) is 6.92 Å². The predicted molar refractivity (Wildman–Crippen MR) is 83.8 cm³/mol. The summed E-state index contributed by atoms with van der Waals surface area (Å²) in [6, 6.07) is 8.72. The molecular formula is C16H17N3O2. The van der Waals surface area contributed by atoms with Crippen molar-refractivity contribution in [2.75, 3.05) is 10.6 Å². The Morgan fingerprint density at radius 3 is 2.19 bits per heavy atom. The van der Waals surface area contributed by atoms with E-state index in [0.717, 1.165) is 6.42 Å². The highest BCUT2D eigenvalue weighted by Gasteiger charge is 2.26. The number of nitrogens with zero attached hydrogens (tertiary/aromatic N) is 1. The van der Waals surface area contributed by atoms with Crippen LogP contribution in [0.2, 0.25) is 0 Å². The Morgan fingerprint density at radius 2 is 1.67 bits per heavy atom. The van der Waals surface area contributed by atoms with Crippen molar-refractivity contribution in [2.24, 2.45) is 0 Å². The SMILES string of the molecule is CCC(C)(C)Nc1c(Nc2ccc(C#N)cc2)c(=O)c1=O. The summed E-state index contributed by atoms with van der Waals surface area (Å²) in [5, 5.41) is 14.8. The Morgan fingerprint density at radius 1 is 1.10 bits per heavy atom. The largest absolute Gasteiger partial charge is 0.375 e. The molecule has 0 fully saturated rings. The molecule has 21 heavy (non-hydrogen) atoms. The molecule has 0 aromatic heterocycles. The van der Waals surface area contributed by atoms with Gasteiger partial charge in [0.2, 0.25) is 0 Å². The molecule has 2 aromatic rings. The van der Waals surface area contributed by atoms with E-state index in [1.165, 1.54) is 0 Å². The van der Waals surface area contributed by atoms with Crippen LogP contribution in [0, 0.1) is 11.3 Å². The quantitative estimate of drug-likeness (QED) is 0.824. The van der Waals surface area contributed by atoms with Gasteiger partial charge in [-0.25, -0.2) is 0 Å². The minimum atomic E-state index is -0.520. The molecule has 0 spiro atoms. The fraction of sp³-hybridized carbons (Fsp3) is 0.312. The van der Waals surface area contributed by atoms with Crippen LogP contribution in [0.4, 0.5) is 17.1 Å². The van der Waals surface area contributed by atoms with Crippen LogP contribution in [0.1, 0.15) is 32.8 Å². The van der Waals surface area contributed by atoms with Gasteiger partial charge in [-0.05, 0) is 44.5 Å². The van der Waals surface area contributed by atoms with Crippen LogP contribution in [0.3, 0.4) is 0 Å². The maximum Gasteiger partial charge on any atom is 0.253 e. The third-order valence-electron chi connectivity index (χ3n) is 3.54. The standard InChI is InChI=1S/C16H17N3O2/c1-4-16(2,3)19-13-12(14(20)15(13)21)18-11-7-5-10(9-17)6-8-11/h5-8,18-19H,4H2,1-3H3. The molecule has 0 amide bonds. The molecule has 0 saturated heterocycles. The van der Waals surface area contributed by atoms with Gasteiger partial charge in [-0.2, -0.15) is 5.26 Å². The number of nitriles is 1. The fourth-order valence-corrected chi connectivity index (χ4v) is 1.83. The lowest BCUT2D eigenvalue weighted by atomic mass is 10.00. The summed E-state index contributed by atoms with van der Waals surface area (Å²) >= 11 is 0. The van der Waals surface area contributed by atoms with Crippen LogP contribution in [0.5, 0.6) is 0 Å². The predicted octanol–water partition coefficient (Wildman–Crippen LogP) is 2.50. The van der Waals surface area contributed by atoms with Crippen molar-refractivity contribution < 1.29 is 0 Å². The van der Waals surface area contributed by atoms with Gasteiger partial charge in [-0.3, -0.25) is 9.59 Å². The second-order valence-electron chi connectivity index (χ2n) is 5.58. The summed E-state index contributed by atoms with van der Waals surface area (Å²) in [4.78, 5) is 23.4. The van der Waals surface area contributed by atoms with E-state index in [2.05, 4.69) is 10.6 Å². The van der Waals surface area contributed by atoms with E-state index in [1.54, 1.807) is 24.3 Å². The zero-order chi connectivity index (χ0) is 15.6. The van der Waals surface area contributed by atoms with Crippen LogP contribution in [0.25, 0.3) is 0 Å². The zero-order valence-corrected chi connectivity index (χ0v) is 12.3. The molecule has 0 aliphatic rings. The molecule has 5 nitrogen and oxygen atoms in total. The Labute approximate surface area is 122 Å². The van der Waals surface area contributed by atoms with Crippen LogP contribution >= 0.6 is 0 Å². The van der Waals surface area contributed by atoms with Crippen LogP contribution in [-0.4, -0.2) is 5.54 Å². The first-order valence-electron chi connectivity index (χ1n) is 6.76. The number of nitrogens with one attached hydrogen (secondary N) is 2. The highest BCUT2D eigenvalue weighted by atomic mass is 16.2. The van der Waals surface area contributed by atoms with Crippen molar-refractivity contribution in [2.45, 2.75) is 32.7 Å². The first-order chi connectivity index (χ1) is 9.88. The smallest absolute Gasteiger partial charge is 0.253 e. The van der Waals surface area contributed by atoms with Crippen LogP contribution < -0.4 is 21.5 Å². The normalized spacial score (nSPS) is 11.1. The summed E-state index contributed by atoms with van der Waals surface area (Å²) in [5.41, 5.74) is 0.543. The third kappa shape index (κ3) is 2.95. The summed E-state index contributed by atoms with van der Waals surface area (Å²) in [5.74, 6) is 0. The van der Waals surface area contributed by atoms with Gasteiger partial charge in [0.1, 0.15) is 11.4 Å². The van der Waals surface area contributed by atoms with Crippen molar-refractivity contribution in [1.82, 2.24) is 0 Å². The maximum absolute atomic E-state index is 11.7. The van der Waals surface area contributed by atoms with Crippen LogP contribution in [0.15, 0.2) is 33.9 Å². The molecule has 0 unspecified atom stereocenters. The van der Waals surface area contributed by atoms with Crippen molar-refractivity contribution >= 4 is 17.1 Å². The molecule has 0 aliphatic heterocycles. The lowest BCUT2D eigenvalue weighted by molar-refractivity contribution is 0.546. The molecular weight excluding hydrogens is 266 g/mol. The number of anilines is 3. The van der Waals surface area contributed by atoms with Crippen molar-refractivity contribution in [3.63, 3.8) is 0 Å². The van der Waals surface area contributed by atoms with Crippen molar-refractivity contribution in [3.8, 4) is 6.07 Å². The van der Waals surface area contributed by atoms with E-state index >= 15 is 0 Å². The van der Waals surface area contributed by atoms with Gasteiger partial charge in [0.05, 0.1) is 11.6 Å². The van der Waals surface area contributed by atoms with E-state index < -0.39 is 10.9 Å². The van der Waals surface area contributed by atoms with Crippen LogP contribution in [-0.2, 0) is 0 Å². The average Bonchev–Trinajstić information content (AvgIpc) is 2.51. The average molecular weight is 283 g/mol. The molecule has 0 radical (unpaired) electrons. The molecule has 0 aliphatic carbocycles. The summed E-state index contributed by atoms with van der Waals surface area (Å²) < 4.78 is 0. The van der Waals surface area contributed by atoms with Gasteiger partial charge < -0.3 is 10.6 Å². The summed E-state index contributed by atoms with van der Waals surface area (Å²) in [6.07, 6.45) is 0.822. The number of hydrogen-bond donors (Lipinski definition) is 2. The van der Waals surface area contributed by atoms with Crippen molar-refractivity contribution in [1.29, 1.82) is 5.26 Å².